The van der Waals surface area contributed by atoms with Crippen LogP contribution in [0.3, 0.4) is 0 Å². The third kappa shape index (κ3) is 4.04. The van der Waals surface area contributed by atoms with Crippen LogP contribution in [0.1, 0.15) is 24.3 Å². The second-order valence-corrected chi connectivity index (χ2v) is 4.80. The number of nitrogens with one attached hydrogen (secondary N) is 1. The van der Waals surface area contributed by atoms with Gasteiger partial charge in [-0.25, -0.2) is 9.78 Å². The number of aromatic nitrogens is 1. The highest BCUT2D eigenvalue weighted by atomic mass is 32.1. The van der Waals surface area contributed by atoms with E-state index in [0.717, 1.165) is 5.56 Å². The molecule has 100 valence electrons. The van der Waals surface area contributed by atoms with Gasteiger partial charge in [0.25, 0.3) is 0 Å². The molecule has 0 aliphatic heterocycles. The average Bonchev–Trinajstić information content (AvgIpc) is 2.86. The first-order valence-corrected chi connectivity index (χ1v) is 6.64. The Morgan fingerprint density at radius 2 is 2.21 bits per heavy atom. The number of hydrogen-bond donors (Lipinski definition) is 2. The van der Waals surface area contributed by atoms with E-state index in [-0.39, 0.29) is 6.61 Å². The molecular weight excluding hydrogens is 264 g/mol. The molecule has 0 fully saturated rings. The van der Waals surface area contributed by atoms with Crippen LogP contribution in [0.2, 0.25) is 0 Å². The minimum atomic E-state index is -0.646. The second-order valence-electron chi connectivity index (χ2n) is 3.94. The lowest BCUT2D eigenvalue weighted by molar-refractivity contribution is 0.155. The van der Waals surface area contributed by atoms with Crippen molar-refractivity contribution in [1.29, 1.82) is 0 Å². The third-order valence-electron chi connectivity index (χ3n) is 2.37. The molecule has 0 radical (unpaired) electrons. The van der Waals surface area contributed by atoms with Gasteiger partial charge in [-0.15, -0.1) is 11.3 Å². The first-order valence-electron chi connectivity index (χ1n) is 5.76. The standard InChI is InChI=1S/C13H14N2O3S/c1-9(16)11-8-19-12(14-11)15-13(17)18-7-10-5-3-2-4-6-10/h2-6,8-9,16H,7H2,1H3,(H,14,15,17). The van der Waals surface area contributed by atoms with Gasteiger partial charge in [-0.1, -0.05) is 30.3 Å². The molecule has 0 bridgehead atoms. The Balaban J connectivity index is 1.84. The summed E-state index contributed by atoms with van der Waals surface area (Å²) < 4.78 is 5.06. The summed E-state index contributed by atoms with van der Waals surface area (Å²) in [4.78, 5) is 15.6. The highest BCUT2D eigenvalue weighted by Crippen LogP contribution is 2.20. The Hall–Kier alpha value is -1.92. The Labute approximate surface area is 114 Å². The van der Waals surface area contributed by atoms with Crippen LogP contribution < -0.4 is 5.32 Å². The number of hydrogen-bond acceptors (Lipinski definition) is 5. The van der Waals surface area contributed by atoms with Crippen molar-refractivity contribution in [2.75, 3.05) is 5.32 Å². The van der Waals surface area contributed by atoms with E-state index in [0.29, 0.717) is 10.8 Å². The molecule has 0 saturated heterocycles. The fraction of sp³-hybridized carbons (Fsp3) is 0.231. The Morgan fingerprint density at radius 3 is 2.84 bits per heavy atom. The van der Waals surface area contributed by atoms with Crippen molar-refractivity contribution < 1.29 is 14.6 Å². The number of carbonyl (C=O) groups is 1. The second kappa shape index (κ2) is 6.31. The topological polar surface area (TPSA) is 71.5 Å². The number of aliphatic hydroxyl groups is 1. The zero-order chi connectivity index (χ0) is 13.7. The van der Waals surface area contributed by atoms with Crippen molar-refractivity contribution in [3.63, 3.8) is 0 Å². The van der Waals surface area contributed by atoms with E-state index in [9.17, 15) is 9.90 Å². The van der Waals surface area contributed by atoms with Gasteiger partial charge in [0.15, 0.2) is 5.13 Å². The number of thiazole rings is 1. The van der Waals surface area contributed by atoms with Gasteiger partial charge < -0.3 is 9.84 Å². The summed E-state index contributed by atoms with van der Waals surface area (Å²) in [7, 11) is 0. The molecule has 0 aliphatic rings. The number of rotatable bonds is 4. The lowest BCUT2D eigenvalue weighted by atomic mass is 10.2. The van der Waals surface area contributed by atoms with Crippen LogP contribution in [0.25, 0.3) is 0 Å². The predicted octanol–water partition coefficient (Wildman–Crippen LogP) is 2.95. The van der Waals surface area contributed by atoms with Crippen molar-refractivity contribution in [3.05, 3.63) is 47.0 Å². The van der Waals surface area contributed by atoms with E-state index >= 15 is 0 Å². The summed E-state index contributed by atoms with van der Waals surface area (Å²) >= 11 is 1.24. The van der Waals surface area contributed by atoms with E-state index in [1.54, 1.807) is 12.3 Å². The van der Waals surface area contributed by atoms with Crippen molar-refractivity contribution in [2.24, 2.45) is 0 Å². The summed E-state index contributed by atoms with van der Waals surface area (Å²) in [5, 5.41) is 13.9. The molecule has 1 atom stereocenters. The van der Waals surface area contributed by atoms with Crippen LogP contribution in [0.4, 0.5) is 9.93 Å². The normalized spacial score (nSPS) is 11.9. The Bertz CT molecular complexity index is 540. The number of anilines is 1. The molecule has 0 aliphatic carbocycles. The largest absolute Gasteiger partial charge is 0.444 e. The summed E-state index contributed by atoms with van der Waals surface area (Å²) in [5.74, 6) is 0. The van der Waals surface area contributed by atoms with Crippen LogP contribution in [-0.4, -0.2) is 16.2 Å². The highest BCUT2D eigenvalue weighted by molar-refractivity contribution is 7.13. The molecule has 5 nitrogen and oxygen atoms in total. The maximum Gasteiger partial charge on any atom is 0.413 e. The van der Waals surface area contributed by atoms with E-state index in [4.69, 9.17) is 4.74 Å². The molecule has 19 heavy (non-hydrogen) atoms. The molecular formula is C13H14N2O3S. The number of ether oxygens (including phenoxy) is 1. The van der Waals surface area contributed by atoms with Crippen LogP contribution in [-0.2, 0) is 11.3 Å². The smallest absolute Gasteiger partial charge is 0.413 e. The number of aliphatic hydroxyl groups excluding tert-OH is 1. The van der Waals surface area contributed by atoms with Crippen LogP contribution >= 0.6 is 11.3 Å². The quantitative estimate of drug-likeness (QED) is 0.902. The maximum absolute atomic E-state index is 11.5. The minimum absolute atomic E-state index is 0.210. The molecule has 2 rings (SSSR count). The number of amides is 1. The van der Waals surface area contributed by atoms with E-state index in [1.807, 2.05) is 30.3 Å². The monoisotopic (exact) mass is 278 g/mol. The van der Waals surface area contributed by atoms with Crippen molar-refractivity contribution in [1.82, 2.24) is 4.98 Å². The third-order valence-corrected chi connectivity index (χ3v) is 3.15. The fourth-order valence-electron chi connectivity index (χ4n) is 1.38. The van der Waals surface area contributed by atoms with Crippen molar-refractivity contribution in [2.45, 2.75) is 19.6 Å². The lowest BCUT2D eigenvalue weighted by Gasteiger charge is -2.04. The summed E-state index contributed by atoms with van der Waals surface area (Å²) in [5.41, 5.74) is 1.45. The van der Waals surface area contributed by atoms with Gasteiger partial charge in [0.1, 0.15) is 6.61 Å². The fourth-order valence-corrected chi connectivity index (χ4v) is 2.16. The van der Waals surface area contributed by atoms with E-state index in [1.165, 1.54) is 11.3 Å². The maximum atomic E-state index is 11.5. The van der Waals surface area contributed by atoms with Gasteiger partial charge >= 0.3 is 6.09 Å². The van der Waals surface area contributed by atoms with E-state index < -0.39 is 12.2 Å². The van der Waals surface area contributed by atoms with Crippen LogP contribution in [0.5, 0.6) is 0 Å². The Kier molecular flexibility index (Phi) is 4.48. The molecule has 1 aromatic heterocycles. The first-order chi connectivity index (χ1) is 9.15. The first kappa shape index (κ1) is 13.5. The molecule has 2 aromatic rings. The number of carbonyl (C=O) groups excluding carboxylic acids is 1. The zero-order valence-electron chi connectivity index (χ0n) is 10.4. The molecule has 1 aromatic carbocycles. The minimum Gasteiger partial charge on any atom is -0.444 e. The van der Waals surface area contributed by atoms with Gasteiger partial charge in [-0.05, 0) is 12.5 Å². The molecule has 1 amide bonds. The summed E-state index contributed by atoms with van der Waals surface area (Å²) in [6, 6.07) is 9.42. The highest BCUT2D eigenvalue weighted by Gasteiger charge is 2.10. The van der Waals surface area contributed by atoms with Gasteiger partial charge in [0.2, 0.25) is 0 Å². The number of benzene rings is 1. The SMILES string of the molecule is CC(O)c1csc(NC(=O)OCc2ccccc2)n1. The molecule has 2 N–H and O–H groups in total. The zero-order valence-corrected chi connectivity index (χ0v) is 11.2. The summed E-state index contributed by atoms with van der Waals surface area (Å²) in [6.45, 7) is 1.83. The van der Waals surface area contributed by atoms with Crippen molar-refractivity contribution in [3.8, 4) is 0 Å². The van der Waals surface area contributed by atoms with Gasteiger partial charge in [0.05, 0.1) is 11.8 Å². The van der Waals surface area contributed by atoms with E-state index in [2.05, 4.69) is 10.3 Å². The van der Waals surface area contributed by atoms with Gasteiger partial charge in [-0.3, -0.25) is 5.32 Å². The Morgan fingerprint density at radius 1 is 1.47 bits per heavy atom. The van der Waals surface area contributed by atoms with Gasteiger partial charge in [-0.2, -0.15) is 0 Å². The number of nitrogens with zero attached hydrogens (tertiary/aromatic N) is 1. The van der Waals surface area contributed by atoms with Crippen LogP contribution in [0.15, 0.2) is 35.7 Å². The molecule has 6 heteroatoms. The average molecular weight is 278 g/mol. The lowest BCUT2D eigenvalue weighted by Crippen LogP contribution is -2.13. The van der Waals surface area contributed by atoms with Gasteiger partial charge in [0, 0.05) is 5.38 Å². The molecule has 1 heterocycles. The van der Waals surface area contributed by atoms with Crippen molar-refractivity contribution >= 4 is 22.6 Å². The molecule has 0 spiro atoms. The van der Waals surface area contributed by atoms with Crippen LogP contribution in [0, 0.1) is 0 Å². The molecule has 1 unspecified atom stereocenters. The molecule has 0 saturated carbocycles. The predicted molar refractivity (Wildman–Crippen MR) is 73.0 cm³/mol. The summed E-state index contributed by atoms with van der Waals surface area (Å²) in [6.07, 6.45) is -1.21.